The maximum absolute atomic E-state index is 6.44. The largest absolute Gasteiger partial charge is 0.497 e. The number of methoxy groups -OCH3 is 1. The van der Waals surface area contributed by atoms with E-state index >= 15 is 0 Å². The van der Waals surface area contributed by atoms with Crippen LogP contribution >= 0.6 is 12.4 Å². The molecule has 21 heavy (non-hydrogen) atoms. The van der Waals surface area contributed by atoms with Crippen LogP contribution in [0.15, 0.2) is 36.4 Å². The van der Waals surface area contributed by atoms with Crippen LogP contribution in [-0.2, 0) is 4.74 Å². The zero-order valence-electron chi connectivity index (χ0n) is 12.2. The number of hydrogen-bond donors (Lipinski definition) is 1. The third-order valence-electron chi connectivity index (χ3n) is 4.23. The van der Waals surface area contributed by atoms with Gasteiger partial charge in [0, 0.05) is 19.3 Å². The molecule has 0 amide bonds. The summed E-state index contributed by atoms with van der Waals surface area (Å²) in [5.74, 6) is 1.42. The number of ether oxygens (including phenoxy) is 2. The van der Waals surface area contributed by atoms with Crippen LogP contribution in [0, 0.1) is 5.92 Å². The number of hydrogen-bond acceptors (Lipinski definition) is 3. The van der Waals surface area contributed by atoms with Crippen molar-refractivity contribution in [2.24, 2.45) is 11.7 Å². The molecule has 114 valence electrons. The lowest BCUT2D eigenvalue weighted by Crippen LogP contribution is -2.27. The molecule has 0 saturated carbocycles. The van der Waals surface area contributed by atoms with Crippen LogP contribution in [0.3, 0.4) is 0 Å². The smallest absolute Gasteiger partial charge is 0.119 e. The molecule has 0 unspecified atom stereocenters. The Balaban J connectivity index is 0.00000161. The predicted molar refractivity (Wildman–Crippen MR) is 88.2 cm³/mol. The van der Waals surface area contributed by atoms with Crippen molar-refractivity contribution >= 4 is 23.2 Å². The van der Waals surface area contributed by atoms with E-state index in [1.54, 1.807) is 7.11 Å². The highest BCUT2D eigenvalue weighted by Crippen LogP contribution is 2.30. The average molecular weight is 308 g/mol. The van der Waals surface area contributed by atoms with Crippen LogP contribution in [0.4, 0.5) is 0 Å². The maximum Gasteiger partial charge on any atom is 0.119 e. The van der Waals surface area contributed by atoms with Gasteiger partial charge in [-0.05, 0) is 53.3 Å². The molecule has 2 N–H and O–H groups in total. The topological polar surface area (TPSA) is 44.5 Å². The standard InChI is InChI=1S/C17H21NO2.ClH/c1-19-16-5-4-13-10-15(3-2-14(13)11-16)17(18)12-6-8-20-9-7-12;/h2-5,10-12,17H,6-9,18H2,1H3;1H/t17-;/m1./s1. The van der Waals surface area contributed by atoms with E-state index < -0.39 is 0 Å². The Morgan fingerprint density at radius 1 is 1.10 bits per heavy atom. The van der Waals surface area contributed by atoms with Crippen molar-refractivity contribution in [3.63, 3.8) is 0 Å². The van der Waals surface area contributed by atoms with Gasteiger partial charge >= 0.3 is 0 Å². The highest BCUT2D eigenvalue weighted by molar-refractivity contribution is 5.85. The second-order valence-electron chi connectivity index (χ2n) is 5.45. The van der Waals surface area contributed by atoms with Crippen LogP contribution in [0.5, 0.6) is 5.75 Å². The molecule has 1 heterocycles. The molecule has 2 aromatic rings. The maximum atomic E-state index is 6.44. The number of benzene rings is 2. The predicted octanol–water partition coefficient (Wildman–Crippen LogP) is 3.70. The first kappa shape index (κ1) is 16.1. The minimum absolute atomic E-state index is 0. The Morgan fingerprint density at radius 3 is 2.48 bits per heavy atom. The molecule has 3 rings (SSSR count). The summed E-state index contributed by atoms with van der Waals surface area (Å²) in [4.78, 5) is 0. The van der Waals surface area contributed by atoms with Crippen molar-refractivity contribution < 1.29 is 9.47 Å². The summed E-state index contributed by atoms with van der Waals surface area (Å²) < 4.78 is 10.7. The molecule has 0 aliphatic carbocycles. The van der Waals surface area contributed by atoms with Gasteiger partial charge in [-0.15, -0.1) is 12.4 Å². The molecule has 3 nitrogen and oxygen atoms in total. The van der Waals surface area contributed by atoms with Gasteiger partial charge < -0.3 is 15.2 Å². The lowest BCUT2D eigenvalue weighted by atomic mass is 9.87. The molecule has 1 aliphatic heterocycles. The normalized spacial score (nSPS) is 17.2. The number of rotatable bonds is 3. The quantitative estimate of drug-likeness (QED) is 0.940. The fourth-order valence-electron chi connectivity index (χ4n) is 2.92. The van der Waals surface area contributed by atoms with E-state index in [0.717, 1.165) is 31.8 Å². The van der Waals surface area contributed by atoms with E-state index in [1.807, 2.05) is 6.07 Å². The summed E-state index contributed by atoms with van der Waals surface area (Å²) >= 11 is 0. The van der Waals surface area contributed by atoms with E-state index in [4.69, 9.17) is 15.2 Å². The third-order valence-corrected chi connectivity index (χ3v) is 4.23. The van der Waals surface area contributed by atoms with Crippen molar-refractivity contribution in [2.75, 3.05) is 20.3 Å². The van der Waals surface area contributed by atoms with Crippen LogP contribution in [0.1, 0.15) is 24.4 Å². The summed E-state index contributed by atoms with van der Waals surface area (Å²) in [6.07, 6.45) is 2.11. The van der Waals surface area contributed by atoms with Gasteiger partial charge in [0.05, 0.1) is 7.11 Å². The SMILES string of the molecule is COc1ccc2cc([C@H](N)C3CCOCC3)ccc2c1.Cl. The Kier molecular flexibility index (Phi) is 5.45. The van der Waals surface area contributed by atoms with Crippen molar-refractivity contribution in [2.45, 2.75) is 18.9 Å². The molecule has 0 spiro atoms. The van der Waals surface area contributed by atoms with Gasteiger partial charge in [0.15, 0.2) is 0 Å². The van der Waals surface area contributed by atoms with E-state index in [1.165, 1.54) is 16.3 Å². The zero-order valence-corrected chi connectivity index (χ0v) is 13.1. The van der Waals surface area contributed by atoms with Crippen LogP contribution in [-0.4, -0.2) is 20.3 Å². The summed E-state index contributed by atoms with van der Waals surface area (Å²) in [7, 11) is 1.69. The molecule has 1 aliphatic rings. The van der Waals surface area contributed by atoms with Gasteiger partial charge in [-0.1, -0.05) is 18.2 Å². The molecule has 0 bridgehead atoms. The Bertz CT molecular complexity index is 596. The first-order valence-corrected chi connectivity index (χ1v) is 7.19. The first-order chi connectivity index (χ1) is 9.78. The van der Waals surface area contributed by atoms with Crippen LogP contribution < -0.4 is 10.5 Å². The minimum Gasteiger partial charge on any atom is -0.497 e. The Morgan fingerprint density at radius 2 is 1.76 bits per heavy atom. The zero-order chi connectivity index (χ0) is 13.9. The van der Waals surface area contributed by atoms with E-state index in [-0.39, 0.29) is 18.4 Å². The lowest BCUT2D eigenvalue weighted by molar-refractivity contribution is 0.0584. The summed E-state index contributed by atoms with van der Waals surface area (Å²) in [5.41, 5.74) is 7.65. The van der Waals surface area contributed by atoms with Gasteiger partial charge in [0.2, 0.25) is 0 Å². The van der Waals surface area contributed by atoms with Gasteiger partial charge in [-0.2, -0.15) is 0 Å². The minimum atomic E-state index is 0. The highest BCUT2D eigenvalue weighted by Gasteiger charge is 2.22. The van der Waals surface area contributed by atoms with Gasteiger partial charge in [0.25, 0.3) is 0 Å². The highest BCUT2D eigenvalue weighted by atomic mass is 35.5. The number of halogens is 1. The molecular formula is C17H22ClNO2. The summed E-state index contributed by atoms with van der Waals surface area (Å²) in [6.45, 7) is 1.67. The average Bonchev–Trinajstić information content (AvgIpc) is 2.54. The molecule has 1 atom stereocenters. The van der Waals surface area contributed by atoms with Crippen molar-refractivity contribution in [1.82, 2.24) is 0 Å². The Hall–Kier alpha value is -1.29. The molecule has 0 aromatic heterocycles. The fraction of sp³-hybridized carbons (Fsp3) is 0.412. The Labute approximate surface area is 131 Å². The van der Waals surface area contributed by atoms with Crippen LogP contribution in [0.25, 0.3) is 10.8 Å². The summed E-state index contributed by atoms with van der Waals surface area (Å²) in [5, 5.41) is 2.40. The fourth-order valence-corrected chi connectivity index (χ4v) is 2.92. The van der Waals surface area contributed by atoms with Gasteiger partial charge in [-0.25, -0.2) is 0 Å². The van der Waals surface area contributed by atoms with Crippen molar-refractivity contribution in [3.8, 4) is 5.75 Å². The second kappa shape index (κ2) is 7.12. The lowest BCUT2D eigenvalue weighted by Gasteiger charge is -2.28. The molecule has 4 heteroatoms. The molecule has 1 saturated heterocycles. The number of nitrogens with two attached hydrogens (primary N) is 1. The van der Waals surface area contributed by atoms with E-state index in [2.05, 4.69) is 30.3 Å². The first-order valence-electron chi connectivity index (χ1n) is 7.19. The molecular weight excluding hydrogens is 286 g/mol. The van der Waals surface area contributed by atoms with Gasteiger partial charge in [-0.3, -0.25) is 0 Å². The third kappa shape index (κ3) is 3.49. The molecule has 0 radical (unpaired) electrons. The summed E-state index contributed by atoms with van der Waals surface area (Å²) in [6, 6.07) is 12.7. The van der Waals surface area contributed by atoms with E-state index in [0.29, 0.717) is 5.92 Å². The van der Waals surface area contributed by atoms with Crippen molar-refractivity contribution in [1.29, 1.82) is 0 Å². The number of fused-ring (bicyclic) bond motifs is 1. The van der Waals surface area contributed by atoms with Crippen molar-refractivity contribution in [3.05, 3.63) is 42.0 Å². The van der Waals surface area contributed by atoms with E-state index in [9.17, 15) is 0 Å². The van der Waals surface area contributed by atoms with Gasteiger partial charge in [0.1, 0.15) is 5.75 Å². The molecule has 2 aromatic carbocycles. The monoisotopic (exact) mass is 307 g/mol. The molecule has 1 fully saturated rings. The van der Waals surface area contributed by atoms with Crippen LogP contribution in [0.2, 0.25) is 0 Å². The second-order valence-corrected chi connectivity index (χ2v) is 5.45.